The molecule has 3 heteroatoms. The standard InChI is InChI=1S/C15H19N3/c1-10(2)15(11(3)4)18-14-6-5-12(8-16)13(7-14)9-17/h5-7,10-11,15,18H,1-4H3. The van der Waals surface area contributed by atoms with E-state index in [9.17, 15) is 0 Å². The number of nitrogens with one attached hydrogen (secondary N) is 1. The molecule has 0 unspecified atom stereocenters. The zero-order valence-electron chi connectivity index (χ0n) is 11.4. The zero-order chi connectivity index (χ0) is 13.7. The SMILES string of the molecule is CC(C)C(Nc1ccc(C#N)c(C#N)c1)C(C)C. The Morgan fingerprint density at radius 3 is 1.94 bits per heavy atom. The van der Waals surface area contributed by atoms with Gasteiger partial charge in [0.05, 0.1) is 11.1 Å². The minimum absolute atomic E-state index is 0.351. The Morgan fingerprint density at radius 1 is 0.944 bits per heavy atom. The van der Waals surface area contributed by atoms with Gasteiger partial charge in [0.15, 0.2) is 0 Å². The number of anilines is 1. The molecule has 0 saturated heterocycles. The number of hydrogen-bond acceptors (Lipinski definition) is 3. The van der Waals surface area contributed by atoms with Crippen molar-refractivity contribution in [2.24, 2.45) is 11.8 Å². The molecule has 0 aliphatic rings. The molecule has 1 N–H and O–H groups in total. The minimum atomic E-state index is 0.351. The van der Waals surface area contributed by atoms with E-state index < -0.39 is 0 Å². The molecule has 0 bridgehead atoms. The summed E-state index contributed by atoms with van der Waals surface area (Å²) in [6.45, 7) is 8.69. The summed E-state index contributed by atoms with van der Waals surface area (Å²) in [4.78, 5) is 0. The van der Waals surface area contributed by atoms with Crippen molar-refractivity contribution in [3.8, 4) is 12.1 Å². The molecule has 1 rings (SSSR count). The van der Waals surface area contributed by atoms with Crippen molar-refractivity contribution in [2.45, 2.75) is 33.7 Å². The monoisotopic (exact) mass is 241 g/mol. The molecule has 18 heavy (non-hydrogen) atoms. The maximum Gasteiger partial charge on any atom is 0.101 e. The second-order valence-corrected chi connectivity index (χ2v) is 5.14. The fourth-order valence-electron chi connectivity index (χ4n) is 2.12. The van der Waals surface area contributed by atoms with Crippen LogP contribution in [0, 0.1) is 34.5 Å². The molecule has 94 valence electrons. The van der Waals surface area contributed by atoms with Gasteiger partial charge < -0.3 is 5.32 Å². The van der Waals surface area contributed by atoms with Gasteiger partial charge >= 0.3 is 0 Å². The Bertz CT molecular complexity index is 481. The summed E-state index contributed by atoms with van der Waals surface area (Å²) in [6, 6.07) is 9.73. The molecular formula is C15H19N3. The van der Waals surface area contributed by atoms with E-state index in [2.05, 4.69) is 39.1 Å². The Morgan fingerprint density at radius 2 is 1.50 bits per heavy atom. The van der Waals surface area contributed by atoms with Crippen LogP contribution in [0.3, 0.4) is 0 Å². The molecule has 0 aliphatic carbocycles. The van der Waals surface area contributed by atoms with Gasteiger partial charge in [0.25, 0.3) is 0 Å². The van der Waals surface area contributed by atoms with E-state index in [1.807, 2.05) is 12.1 Å². The van der Waals surface area contributed by atoms with E-state index in [4.69, 9.17) is 10.5 Å². The normalized spacial score (nSPS) is 10.5. The van der Waals surface area contributed by atoms with Crippen LogP contribution in [0.5, 0.6) is 0 Å². The van der Waals surface area contributed by atoms with Gasteiger partial charge in [-0.1, -0.05) is 27.7 Å². The molecule has 0 aromatic heterocycles. The third kappa shape index (κ3) is 3.25. The van der Waals surface area contributed by atoms with Gasteiger partial charge in [0.1, 0.15) is 12.1 Å². The minimum Gasteiger partial charge on any atom is -0.382 e. The summed E-state index contributed by atoms with van der Waals surface area (Å²) in [5, 5.41) is 21.3. The van der Waals surface area contributed by atoms with Crippen molar-refractivity contribution in [2.75, 3.05) is 5.32 Å². The number of hydrogen-bond donors (Lipinski definition) is 1. The molecule has 0 atom stereocenters. The van der Waals surface area contributed by atoms with Gasteiger partial charge in [0.2, 0.25) is 0 Å². The Balaban J connectivity index is 2.99. The van der Waals surface area contributed by atoms with Crippen molar-refractivity contribution in [1.29, 1.82) is 10.5 Å². The summed E-state index contributed by atoms with van der Waals surface area (Å²) in [7, 11) is 0. The lowest BCUT2D eigenvalue weighted by Crippen LogP contribution is -2.31. The van der Waals surface area contributed by atoms with Gasteiger partial charge in [-0.3, -0.25) is 0 Å². The number of nitriles is 2. The van der Waals surface area contributed by atoms with Gasteiger partial charge in [-0.15, -0.1) is 0 Å². The predicted molar refractivity (Wildman–Crippen MR) is 73.0 cm³/mol. The van der Waals surface area contributed by atoms with Crippen LogP contribution < -0.4 is 5.32 Å². The van der Waals surface area contributed by atoms with Crippen LogP contribution >= 0.6 is 0 Å². The van der Waals surface area contributed by atoms with E-state index >= 15 is 0 Å². The molecule has 1 aromatic carbocycles. The summed E-state index contributed by atoms with van der Waals surface area (Å²) >= 11 is 0. The van der Waals surface area contributed by atoms with Crippen molar-refractivity contribution >= 4 is 5.69 Å². The highest BCUT2D eigenvalue weighted by atomic mass is 14.9. The predicted octanol–water partition coefficient (Wildman–Crippen LogP) is 3.52. The number of benzene rings is 1. The van der Waals surface area contributed by atoms with Crippen LogP contribution in [-0.2, 0) is 0 Å². The summed E-state index contributed by atoms with van der Waals surface area (Å²) < 4.78 is 0. The van der Waals surface area contributed by atoms with E-state index in [1.54, 1.807) is 12.1 Å². The first-order valence-electron chi connectivity index (χ1n) is 6.20. The molecular weight excluding hydrogens is 222 g/mol. The van der Waals surface area contributed by atoms with E-state index in [0.717, 1.165) is 5.69 Å². The summed E-state index contributed by atoms with van der Waals surface area (Å²) in [6.07, 6.45) is 0. The first-order chi connectivity index (χ1) is 8.49. The second-order valence-electron chi connectivity index (χ2n) is 5.14. The summed E-state index contributed by atoms with van der Waals surface area (Å²) in [5.41, 5.74) is 1.75. The average Bonchev–Trinajstić information content (AvgIpc) is 2.34. The molecule has 0 heterocycles. The Hall–Kier alpha value is -2.00. The topological polar surface area (TPSA) is 59.6 Å². The lowest BCUT2D eigenvalue weighted by molar-refractivity contribution is 0.413. The van der Waals surface area contributed by atoms with Crippen LogP contribution in [0.2, 0.25) is 0 Å². The van der Waals surface area contributed by atoms with Crippen LogP contribution in [0.4, 0.5) is 5.69 Å². The fourth-order valence-corrected chi connectivity index (χ4v) is 2.12. The highest BCUT2D eigenvalue weighted by Gasteiger charge is 2.17. The maximum absolute atomic E-state index is 9.00. The molecule has 0 spiro atoms. The van der Waals surface area contributed by atoms with Crippen molar-refractivity contribution < 1.29 is 0 Å². The largest absolute Gasteiger partial charge is 0.382 e. The number of nitrogens with zero attached hydrogens (tertiary/aromatic N) is 2. The van der Waals surface area contributed by atoms with Gasteiger partial charge in [-0.2, -0.15) is 10.5 Å². The van der Waals surface area contributed by atoms with E-state index in [0.29, 0.717) is 29.0 Å². The highest BCUT2D eigenvalue weighted by molar-refractivity contribution is 5.56. The van der Waals surface area contributed by atoms with E-state index in [-0.39, 0.29) is 0 Å². The second kappa shape index (κ2) is 6.07. The zero-order valence-corrected chi connectivity index (χ0v) is 11.4. The smallest absolute Gasteiger partial charge is 0.101 e. The first kappa shape index (κ1) is 14.1. The van der Waals surface area contributed by atoms with Crippen LogP contribution in [0.1, 0.15) is 38.8 Å². The van der Waals surface area contributed by atoms with Crippen molar-refractivity contribution in [3.63, 3.8) is 0 Å². The van der Waals surface area contributed by atoms with Crippen molar-refractivity contribution in [1.82, 2.24) is 0 Å². The van der Waals surface area contributed by atoms with Crippen LogP contribution in [0.15, 0.2) is 18.2 Å². The molecule has 0 radical (unpaired) electrons. The van der Waals surface area contributed by atoms with Gasteiger partial charge in [-0.25, -0.2) is 0 Å². The maximum atomic E-state index is 9.00. The quantitative estimate of drug-likeness (QED) is 0.877. The summed E-state index contributed by atoms with van der Waals surface area (Å²) in [5.74, 6) is 1.01. The van der Waals surface area contributed by atoms with Crippen molar-refractivity contribution in [3.05, 3.63) is 29.3 Å². The average molecular weight is 241 g/mol. The molecule has 3 nitrogen and oxygen atoms in total. The molecule has 1 aromatic rings. The lowest BCUT2D eigenvalue weighted by Gasteiger charge is -2.27. The Labute approximate surface area is 109 Å². The van der Waals surface area contributed by atoms with Gasteiger partial charge in [0, 0.05) is 11.7 Å². The molecule has 0 saturated carbocycles. The van der Waals surface area contributed by atoms with E-state index in [1.165, 1.54) is 0 Å². The molecule has 0 aliphatic heterocycles. The highest BCUT2D eigenvalue weighted by Crippen LogP contribution is 2.21. The van der Waals surface area contributed by atoms with Gasteiger partial charge in [-0.05, 0) is 30.0 Å². The number of rotatable bonds is 4. The van der Waals surface area contributed by atoms with Crippen LogP contribution in [-0.4, -0.2) is 6.04 Å². The molecule has 0 fully saturated rings. The fraction of sp³-hybridized carbons (Fsp3) is 0.467. The third-order valence-corrected chi connectivity index (χ3v) is 3.03. The molecule has 0 amide bonds. The first-order valence-corrected chi connectivity index (χ1v) is 6.20. The lowest BCUT2D eigenvalue weighted by atomic mass is 9.93. The van der Waals surface area contributed by atoms with Crippen LogP contribution in [0.25, 0.3) is 0 Å². The third-order valence-electron chi connectivity index (χ3n) is 3.03. The Kier molecular flexibility index (Phi) is 4.75.